The molecule has 0 spiro atoms. The molecule has 0 bridgehead atoms. The molecule has 3 aromatic rings. The van der Waals surface area contributed by atoms with Crippen LogP contribution < -0.4 is 16.4 Å². The third kappa shape index (κ3) is 3.22. The zero-order chi connectivity index (χ0) is 17.3. The van der Waals surface area contributed by atoms with Crippen LogP contribution in [0, 0.1) is 13.8 Å². The topological polar surface area (TPSA) is 100 Å². The van der Waals surface area contributed by atoms with Crippen LogP contribution in [0.2, 0.25) is 0 Å². The van der Waals surface area contributed by atoms with E-state index in [9.17, 15) is 9.59 Å². The number of amides is 3. The minimum atomic E-state index is -0.653. The normalized spacial score (nSPS) is 10.6. The van der Waals surface area contributed by atoms with E-state index in [1.807, 2.05) is 26.0 Å². The van der Waals surface area contributed by atoms with Crippen LogP contribution in [0.5, 0.6) is 0 Å². The number of anilines is 2. The van der Waals surface area contributed by atoms with Crippen LogP contribution in [0.15, 0.2) is 42.5 Å². The number of rotatable bonds is 3. The molecule has 5 N–H and O–H groups in total. The molecule has 3 rings (SSSR count). The zero-order valence-electron chi connectivity index (χ0n) is 13.4. The summed E-state index contributed by atoms with van der Waals surface area (Å²) in [5.74, 6) is -0.250. The Morgan fingerprint density at radius 1 is 1.00 bits per heavy atom. The van der Waals surface area contributed by atoms with Gasteiger partial charge in [-0.3, -0.25) is 4.79 Å². The predicted molar refractivity (Wildman–Crippen MR) is 95.4 cm³/mol. The lowest BCUT2D eigenvalue weighted by Crippen LogP contribution is -2.19. The number of aromatic amines is 1. The summed E-state index contributed by atoms with van der Waals surface area (Å²) in [5.41, 5.74) is 9.85. The van der Waals surface area contributed by atoms with Gasteiger partial charge in [-0.05, 0) is 55.3 Å². The van der Waals surface area contributed by atoms with Gasteiger partial charge in [0.25, 0.3) is 5.91 Å². The van der Waals surface area contributed by atoms with Gasteiger partial charge in [-0.1, -0.05) is 12.1 Å². The number of nitrogens with one attached hydrogen (secondary N) is 3. The van der Waals surface area contributed by atoms with Crippen molar-refractivity contribution >= 4 is 34.2 Å². The average Bonchev–Trinajstić information content (AvgIpc) is 2.91. The van der Waals surface area contributed by atoms with E-state index in [2.05, 4.69) is 21.7 Å². The van der Waals surface area contributed by atoms with Gasteiger partial charge in [-0.25, -0.2) is 4.79 Å². The summed E-state index contributed by atoms with van der Waals surface area (Å²) in [6.45, 7) is 4.04. The molecule has 0 fully saturated rings. The molecular formula is C18H18N4O2. The van der Waals surface area contributed by atoms with E-state index in [1.54, 1.807) is 24.3 Å². The van der Waals surface area contributed by atoms with Crippen LogP contribution in [0.3, 0.4) is 0 Å². The van der Waals surface area contributed by atoms with Gasteiger partial charge >= 0.3 is 6.03 Å². The van der Waals surface area contributed by atoms with Crippen LogP contribution >= 0.6 is 0 Å². The summed E-state index contributed by atoms with van der Waals surface area (Å²) < 4.78 is 0. The average molecular weight is 322 g/mol. The molecule has 2 aromatic carbocycles. The smallest absolute Gasteiger partial charge is 0.316 e. The number of urea groups is 1. The van der Waals surface area contributed by atoms with Gasteiger partial charge in [0.15, 0.2) is 0 Å². The summed E-state index contributed by atoms with van der Waals surface area (Å²) >= 11 is 0. The largest absolute Gasteiger partial charge is 0.351 e. The molecule has 6 nitrogen and oxygen atoms in total. The molecule has 1 aromatic heterocycles. The first-order valence-corrected chi connectivity index (χ1v) is 7.50. The molecule has 0 aliphatic heterocycles. The molecule has 0 saturated carbocycles. The van der Waals surface area contributed by atoms with Crippen molar-refractivity contribution in [1.82, 2.24) is 4.98 Å². The first kappa shape index (κ1) is 15.6. The van der Waals surface area contributed by atoms with E-state index < -0.39 is 6.03 Å². The second-order valence-corrected chi connectivity index (χ2v) is 5.75. The Morgan fingerprint density at radius 3 is 2.42 bits per heavy atom. The van der Waals surface area contributed by atoms with Gasteiger partial charge in [0, 0.05) is 22.3 Å². The minimum Gasteiger partial charge on any atom is -0.351 e. The van der Waals surface area contributed by atoms with Crippen LogP contribution in [0.1, 0.15) is 21.6 Å². The van der Waals surface area contributed by atoms with E-state index in [-0.39, 0.29) is 5.91 Å². The number of H-pyrrole nitrogens is 1. The molecule has 0 aliphatic carbocycles. The van der Waals surface area contributed by atoms with Crippen molar-refractivity contribution in [3.05, 3.63) is 59.3 Å². The van der Waals surface area contributed by atoms with Crippen LogP contribution in [-0.4, -0.2) is 16.9 Å². The fourth-order valence-electron chi connectivity index (χ4n) is 2.74. The quantitative estimate of drug-likeness (QED) is 0.593. The summed E-state index contributed by atoms with van der Waals surface area (Å²) in [7, 11) is 0. The summed E-state index contributed by atoms with van der Waals surface area (Å²) in [6.07, 6.45) is 0. The number of hydrogen-bond donors (Lipinski definition) is 4. The number of carbonyl (C=O) groups excluding carboxylic acids is 2. The Labute approximate surface area is 139 Å². The third-order valence-electron chi connectivity index (χ3n) is 3.72. The maximum absolute atomic E-state index is 12.5. The number of fused-ring (bicyclic) bond motifs is 1. The first-order chi connectivity index (χ1) is 11.4. The highest BCUT2D eigenvalue weighted by atomic mass is 16.2. The molecule has 0 radical (unpaired) electrons. The van der Waals surface area contributed by atoms with Crippen molar-refractivity contribution in [3.8, 4) is 0 Å². The fourth-order valence-corrected chi connectivity index (χ4v) is 2.74. The number of primary amides is 1. The van der Waals surface area contributed by atoms with Crippen molar-refractivity contribution in [3.63, 3.8) is 0 Å². The molecule has 0 atom stereocenters. The highest BCUT2D eigenvalue weighted by Crippen LogP contribution is 2.22. The third-order valence-corrected chi connectivity index (χ3v) is 3.72. The number of carbonyl (C=O) groups is 2. The van der Waals surface area contributed by atoms with Gasteiger partial charge in [-0.2, -0.15) is 0 Å². The van der Waals surface area contributed by atoms with E-state index in [4.69, 9.17) is 5.73 Å². The van der Waals surface area contributed by atoms with Gasteiger partial charge in [0.1, 0.15) is 5.69 Å². The maximum Gasteiger partial charge on any atom is 0.316 e. The second-order valence-electron chi connectivity index (χ2n) is 5.75. The lowest BCUT2D eigenvalue weighted by atomic mass is 10.1. The Balaban J connectivity index is 1.85. The Morgan fingerprint density at radius 2 is 1.71 bits per heavy atom. The van der Waals surface area contributed by atoms with Crippen molar-refractivity contribution in [2.45, 2.75) is 13.8 Å². The van der Waals surface area contributed by atoms with Crippen LogP contribution in [0.25, 0.3) is 10.9 Å². The molecule has 1 heterocycles. The number of aryl methyl sites for hydroxylation is 2. The highest BCUT2D eigenvalue weighted by molar-refractivity contribution is 6.06. The van der Waals surface area contributed by atoms with Crippen molar-refractivity contribution in [2.75, 3.05) is 10.6 Å². The molecule has 3 amide bonds. The van der Waals surface area contributed by atoms with Crippen molar-refractivity contribution < 1.29 is 9.59 Å². The first-order valence-electron chi connectivity index (χ1n) is 7.50. The predicted octanol–water partition coefficient (Wildman–Crippen LogP) is 3.53. The SMILES string of the molecule is Cc1cc(C)c2cc(C(=O)Nc3cccc(NC(N)=O)c3)[nH]c2c1. The second kappa shape index (κ2) is 6.08. The Kier molecular flexibility index (Phi) is 3.95. The van der Waals surface area contributed by atoms with Gasteiger partial charge in [0.2, 0.25) is 0 Å². The number of hydrogen-bond acceptors (Lipinski definition) is 2. The molecule has 6 heteroatoms. The molecule has 0 unspecified atom stereocenters. The Hall–Kier alpha value is -3.28. The molecule has 0 saturated heterocycles. The van der Waals surface area contributed by atoms with E-state index in [0.29, 0.717) is 17.1 Å². The number of nitrogens with two attached hydrogens (primary N) is 1. The fraction of sp³-hybridized carbons (Fsp3) is 0.111. The van der Waals surface area contributed by atoms with Crippen LogP contribution in [-0.2, 0) is 0 Å². The van der Waals surface area contributed by atoms with Gasteiger partial charge in [-0.15, -0.1) is 0 Å². The lowest BCUT2D eigenvalue weighted by molar-refractivity contribution is 0.102. The van der Waals surface area contributed by atoms with Crippen molar-refractivity contribution in [2.24, 2.45) is 5.73 Å². The van der Waals surface area contributed by atoms with E-state index >= 15 is 0 Å². The van der Waals surface area contributed by atoms with Gasteiger partial charge < -0.3 is 21.4 Å². The monoisotopic (exact) mass is 322 g/mol. The highest BCUT2D eigenvalue weighted by Gasteiger charge is 2.12. The standard InChI is InChI=1S/C18H18N4O2/c1-10-6-11(2)14-9-16(22-15(14)7-10)17(23)20-12-4-3-5-13(8-12)21-18(19)24/h3-9,22H,1-2H3,(H,20,23)(H3,19,21,24). The lowest BCUT2D eigenvalue weighted by Gasteiger charge is -2.06. The van der Waals surface area contributed by atoms with E-state index in [1.165, 1.54) is 0 Å². The molecular weight excluding hydrogens is 304 g/mol. The van der Waals surface area contributed by atoms with Gasteiger partial charge in [0.05, 0.1) is 0 Å². The van der Waals surface area contributed by atoms with E-state index in [0.717, 1.165) is 22.0 Å². The number of aromatic nitrogens is 1. The number of benzene rings is 2. The maximum atomic E-state index is 12.5. The molecule has 0 aliphatic rings. The van der Waals surface area contributed by atoms with Crippen LogP contribution in [0.4, 0.5) is 16.2 Å². The summed E-state index contributed by atoms with van der Waals surface area (Å²) in [5, 5.41) is 6.30. The molecule has 24 heavy (non-hydrogen) atoms. The Bertz CT molecular complexity index is 943. The minimum absolute atomic E-state index is 0.250. The summed E-state index contributed by atoms with van der Waals surface area (Å²) in [4.78, 5) is 26.5. The molecule has 122 valence electrons. The summed E-state index contributed by atoms with van der Waals surface area (Å²) in [6, 6.07) is 12.1. The zero-order valence-corrected chi connectivity index (χ0v) is 13.4. The van der Waals surface area contributed by atoms with Crippen molar-refractivity contribution in [1.29, 1.82) is 0 Å².